The lowest BCUT2D eigenvalue weighted by atomic mass is 9.85. The molecule has 0 spiro atoms. The molecule has 1 aliphatic rings. The van der Waals surface area contributed by atoms with Crippen molar-refractivity contribution in [3.05, 3.63) is 35.9 Å². The maximum Gasteiger partial charge on any atom is 0.169 e. The number of methoxy groups -OCH3 is 1. The molecule has 1 aromatic rings. The van der Waals surface area contributed by atoms with Crippen LogP contribution in [-0.4, -0.2) is 12.9 Å². The Hall–Kier alpha value is -1.15. The first-order valence-corrected chi connectivity index (χ1v) is 5.93. The monoisotopic (exact) mass is 218 g/mol. The number of carbonyl (C=O) groups excluding carboxylic acids is 1. The number of hydrogen-bond acceptors (Lipinski definition) is 2. The van der Waals surface area contributed by atoms with Gasteiger partial charge < -0.3 is 4.74 Å². The summed E-state index contributed by atoms with van der Waals surface area (Å²) in [5.74, 6) is 0.235. The zero-order chi connectivity index (χ0) is 11.4. The van der Waals surface area contributed by atoms with Crippen LogP contribution in [0.2, 0.25) is 0 Å². The van der Waals surface area contributed by atoms with Crippen molar-refractivity contribution < 1.29 is 9.53 Å². The van der Waals surface area contributed by atoms with Crippen LogP contribution in [0.1, 0.15) is 37.7 Å². The van der Waals surface area contributed by atoms with Gasteiger partial charge >= 0.3 is 0 Å². The van der Waals surface area contributed by atoms with Crippen molar-refractivity contribution in [2.24, 2.45) is 0 Å². The second-order valence-electron chi connectivity index (χ2n) is 4.38. The van der Waals surface area contributed by atoms with E-state index in [0.717, 1.165) is 31.2 Å². The molecule has 0 aliphatic heterocycles. The molecule has 1 aliphatic carbocycles. The fraction of sp³-hybridized carbons (Fsp3) is 0.500. The van der Waals surface area contributed by atoms with Gasteiger partial charge in [0.1, 0.15) is 0 Å². The molecular weight excluding hydrogens is 200 g/mol. The highest BCUT2D eigenvalue weighted by atomic mass is 16.5. The normalized spacial score (nSPS) is 26.4. The molecule has 2 rings (SSSR count). The van der Waals surface area contributed by atoms with E-state index in [9.17, 15) is 4.79 Å². The number of rotatable bonds is 2. The summed E-state index contributed by atoms with van der Waals surface area (Å²) in [7, 11) is 1.65. The molecule has 16 heavy (non-hydrogen) atoms. The Bertz CT molecular complexity index is 358. The molecule has 1 fully saturated rings. The molecule has 1 aromatic carbocycles. The first-order chi connectivity index (χ1) is 7.79. The number of carbonyl (C=O) groups is 1. The summed E-state index contributed by atoms with van der Waals surface area (Å²) < 4.78 is 5.61. The van der Waals surface area contributed by atoms with Crippen LogP contribution in [-0.2, 0) is 15.1 Å². The van der Waals surface area contributed by atoms with E-state index in [0.29, 0.717) is 6.42 Å². The lowest BCUT2D eigenvalue weighted by Gasteiger charge is -2.30. The van der Waals surface area contributed by atoms with Gasteiger partial charge in [0.15, 0.2) is 11.4 Å². The predicted molar refractivity (Wildman–Crippen MR) is 63.2 cm³/mol. The Morgan fingerprint density at radius 2 is 1.88 bits per heavy atom. The van der Waals surface area contributed by atoms with Crippen molar-refractivity contribution in [2.45, 2.75) is 37.7 Å². The van der Waals surface area contributed by atoms with Crippen LogP contribution >= 0.6 is 0 Å². The second kappa shape index (κ2) is 4.79. The summed E-state index contributed by atoms with van der Waals surface area (Å²) in [4.78, 5) is 12.2. The number of benzene rings is 1. The zero-order valence-electron chi connectivity index (χ0n) is 9.74. The second-order valence-corrected chi connectivity index (χ2v) is 4.38. The predicted octanol–water partition coefficient (Wildman–Crippen LogP) is 3.06. The van der Waals surface area contributed by atoms with Crippen molar-refractivity contribution in [2.75, 3.05) is 7.11 Å². The average Bonchev–Trinajstić information content (AvgIpc) is 2.53. The Morgan fingerprint density at radius 3 is 2.56 bits per heavy atom. The quantitative estimate of drug-likeness (QED) is 0.713. The van der Waals surface area contributed by atoms with Gasteiger partial charge in [-0.05, 0) is 24.8 Å². The third kappa shape index (κ3) is 1.90. The molecule has 0 saturated heterocycles. The van der Waals surface area contributed by atoms with Crippen molar-refractivity contribution in [3.8, 4) is 0 Å². The molecule has 1 unspecified atom stereocenters. The molecule has 0 heterocycles. The van der Waals surface area contributed by atoms with Gasteiger partial charge in [-0.2, -0.15) is 0 Å². The standard InChI is InChI=1S/C14H18O2/c1-16-14(12-8-4-2-5-9-12)11-7-3-6-10-13(14)15/h2,4-5,8-9H,3,6-7,10-11H2,1H3. The largest absolute Gasteiger partial charge is 0.366 e. The van der Waals surface area contributed by atoms with Gasteiger partial charge in [0.2, 0.25) is 0 Å². The minimum absolute atomic E-state index is 0.235. The molecule has 86 valence electrons. The molecule has 2 heteroatoms. The first-order valence-electron chi connectivity index (χ1n) is 5.93. The SMILES string of the molecule is COC1(c2ccccc2)CCCCCC1=O. The van der Waals surface area contributed by atoms with Crippen LogP contribution in [0.15, 0.2) is 30.3 Å². The van der Waals surface area contributed by atoms with Gasteiger partial charge in [0.05, 0.1) is 0 Å². The van der Waals surface area contributed by atoms with Gasteiger partial charge in [-0.25, -0.2) is 0 Å². The summed E-state index contributed by atoms with van der Waals surface area (Å²) in [6.07, 6.45) is 4.64. The lowest BCUT2D eigenvalue weighted by Crippen LogP contribution is -2.36. The van der Waals surface area contributed by atoms with Crippen LogP contribution in [0.25, 0.3) is 0 Å². The van der Waals surface area contributed by atoms with E-state index < -0.39 is 5.60 Å². The smallest absolute Gasteiger partial charge is 0.169 e. The van der Waals surface area contributed by atoms with E-state index in [1.807, 2.05) is 30.3 Å². The first kappa shape index (κ1) is 11.3. The highest BCUT2D eigenvalue weighted by molar-refractivity contribution is 5.88. The van der Waals surface area contributed by atoms with Crippen LogP contribution in [0.4, 0.5) is 0 Å². The van der Waals surface area contributed by atoms with Gasteiger partial charge in [-0.3, -0.25) is 4.79 Å². The third-order valence-corrected chi connectivity index (χ3v) is 3.47. The maximum absolute atomic E-state index is 12.2. The number of ketones is 1. The Labute approximate surface area is 96.6 Å². The van der Waals surface area contributed by atoms with Crippen molar-refractivity contribution >= 4 is 5.78 Å². The summed E-state index contributed by atoms with van der Waals surface area (Å²) in [6.45, 7) is 0. The van der Waals surface area contributed by atoms with E-state index >= 15 is 0 Å². The van der Waals surface area contributed by atoms with Crippen LogP contribution in [0.5, 0.6) is 0 Å². The number of ether oxygens (including phenoxy) is 1. The summed E-state index contributed by atoms with van der Waals surface area (Å²) >= 11 is 0. The minimum Gasteiger partial charge on any atom is -0.366 e. The Morgan fingerprint density at radius 1 is 1.12 bits per heavy atom. The fourth-order valence-electron chi connectivity index (χ4n) is 2.52. The summed E-state index contributed by atoms with van der Waals surface area (Å²) in [6, 6.07) is 9.88. The molecule has 1 saturated carbocycles. The topological polar surface area (TPSA) is 26.3 Å². The number of Topliss-reactive ketones (excluding diaryl/α,β-unsaturated/α-hetero) is 1. The van der Waals surface area contributed by atoms with Crippen LogP contribution < -0.4 is 0 Å². The van der Waals surface area contributed by atoms with Crippen molar-refractivity contribution in [1.82, 2.24) is 0 Å². The third-order valence-electron chi connectivity index (χ3n) is 3.47. The van der Waals surface area contributed by atoms with Gasteiger partial charge in [-0.1, -0.05) is 36.8 Å². The lowest BCUT2D eigenvalue weighted by molar-refractivity contribution is -0.142. The van der Waals surface area contributed by atoms with E-state index in [2.05, 4.69) is 0 Å². The van der Waals surface area contributed by atoms with Gasteiger partial charge in [0, 0.05) is 13.5 Å². The summed E-state index contributed by atoms with van der Waals surface area (Å²) in [5.41, 5.74) is 0.321. The zero-order valence-corrected chi connectivity index (χ0v) is 9.74. The highest BCUT2D eigenvalue weighted by Crippen LogP contribution is 2.36. The van der Waals surface area contributed by atoms with E-state index in [1.54, 1.807) is 7.11 Å². The fourth-order valence-corrected chi connectivity index (χ4v) is 2.52. The molecule has 0 aromatic heterocycles. The molecule has 0 bridgehead atoms. The summed E-state index contributed by atoms with van der Waals surface area (Å²) in [5, 5.41) is 0. The van der Waals surface area contributed by atoms with Crippen LogP contribution in [0.3, 0.4) is 0 Å². The molecule has 0 N–H and O–H groups in total. The van der Waals surface area contributed by atoms with E-state index in [4.69, 9.17) is 4.74 Å². The Kier molecular flexibility index (Phi) is 3.39. The van der Waals surface area contributed by atoms with Gasteiger partial charge in [-0.15, -0.1) is 0 Å². The molecule has 1 atom stereocenters. The molecule has 2 nitrogen and oxygen atoms in total. The van der Waals surface area contributed by atoms with Gasteiger partial charge in [0.25, 0.3) is 0 Å². The Balaban J connectivity index is 2.40. The van der Waals surface area contributed by atoms with Crippen LogP contribution in [0, 0.1) is 0 Å². The number of hydrogen-bond donors (Lipinski definition) is 0. The molecule has 0 amide bonds. The highest BCUT2D eigenvalue weighted by Gasteiger charge is 2.40. The van der Waals surface area contributed by atoms with E-state index in [1.165, 1.54) is 0 Å². The van der Waals surface area contributed by atoms with E-state index in [-0.39, 0.29) is 5.78 Å². The molecule has 0 radical (unpaired) electrons. The maximum atomic E-state index is 12.2. The minimum atomic E-state index is -0.683. The average molecular weight is 218 g/mol. The van der Waals surface area contributed by atoms with Crippen molar-refractivity contribution in [3.63, 3.8) is 0 Å². The van der Waals surface area contributed by atoms with Crippen molar-refractivity contribution in [1.29, 1.82) is 0 Å². The molecular formula is C14H18O2.